The van der Waals surface area contributed by atoms with Crippen molar-refractivity contribution in [2.45, 2.75) is 39.2 Å². The molecule has 1 amide bonds. The van der Waals surface area contributed by atoms with Gasteiger partial charge >= 0.3 is 0 Å². The SMILES string of the molecule is C=C/C=C(\C)C(CNC(=O)c1cn(-c2ncccn2)c2cccc(C)c12)N1CCCCC1. The van der Waals surface area contributed by atoms with Gasteiger partial charge in [-0.05, 0) is 57.5 Å². The van der Waals surface area contributed by atoms with E-state index >= 15 is 0 Å². The molecular formula is C26H31N5O. The van der Waals surface area contributed by atoms with E-state index in [-0.39, 0.29) is 11.9 Å². The van der Waals surface area contributed by atoms with Crippen molar-refractivity contribution in [1.29, 1.82) is 0 Å². The Bertz CT molecular complexity index is 1130. The first-order valence-electron chi connectivity index (χ1n) is 11.3. The van der Waals surface area contributed by atoms with Crippen molar-refractivity contribution in [2.75, 3.05) is 19.6 Å². The lowest BCUT2D eigenvalue weighted by molar-refractivity contribution is 0.0936. The molecule has 0 spiro atoms. The van der Waals surface area contributed by atoms with Crippen LogP contribution >= 0.6 is 0 Å². The van der Waals surface area contributed by atoms with E-state index in [1.807, 2.05) is 48.0 Å². The van der Waals surface area contributed by atoms with Crippen LogP contribution in [0.4, 0.5) is 0 Å². The maximum absolute atomic E-state index is 13.4. The first kappa shape index (κ1) is 22.0. The van der Waals surface area contributed by atoms with Crippen LogP contribution in [0.2, 0.25) is 0 Å². The largest absolute Gasteiger partial charge is 0.350 e. The predicted octanol–water partition coefficient (Wildman–Crippen LogP) is 4.45. The number of benzene rings is 1. The van der Waals surface area contributed by atoms with Gasteiger partial charge in [-0.15, -0.1) is 0 Å². The monoisotopic (exact) mass is 429 g/mol. The summed E-state index contributed by atoms with van der Waals surface area (Å²) in [7, 11) is 0. The molecule has 3 heterocycles. The molecule has 3 aromatic rings. The van der Waals surface area contributed by atoms with Gasteiger partial charge in [0.05, 0.1) is 11.1 Å². The molecule has 6 heteroatoms. The number of nitrogens with zero attached hydrogens (tertiary/aromatic N) is 4. The summed E-state index contributed by atoms with van der Waals surface area (Å²) < 4.78 is 1.89. The Hall–Kier alpha value is -3.25. The highest BCUT2D eigenvalue weighted by molar-refractivity contribution is 6.08. The second-order valence-corrected chi connectivity index (χ2v) is 8.40. The Morgan fingerprint density at radius 1 is 1.19 bits per heavy atom. The molecule has 0 bridgehead atoms. The number of aromatic nitrogens is 3. The molecule has 1 fully saturated rings. The molecule has 1 aromatic carbocycles. The van der Waals surface area contributed by atoms with Crippen molar-refractivity contribution in [3.05, 3.63) is 78.3 Å². The van der Waals surface area contributed by atoms with E-state index in [1.54, 1.807) is 18.5 Å². The first-order valence-corrected chi connectivity index (χ1v) is 11.3. The van der Waals surface area contributed by atoms with Crippen LogP contribution in [0.25, 0.3) is 16.9 Å². The number of allylic oxidation sites excluding steroid dienone is 2. The quantitative estimate of drug-likeness (QED) is 0.564. The van der Waals surface area contributed by atoms with Gasteiger partial charge in [0.25, 0.3) is 5.91 Å². The normalized spacial score (nSPS) is 16.1. The molecule has 2 aromatic heterocycles. The summed E-state index contributed by atoms with van der Waals surface area (Å²) >= 11 is 0. The summed E-state index contributed by atoms with van der Waals surface area (Å²) in [5.74, 6) is 0.477. The summed E-state index contributed by atoms with van der Waals surface area (Å²) in [5, 5.41) is 4.15. The number of carbonyl (C=O) groups excluding carboxylic acids is 1. The van der Waals surface area contributed by atoms with Crippen LogP contribution in [-0.4, -0.2) is 51.0 Å². The third kappa shape index (κ3) is 4.50. The van der Waals surface area contributed by atoms with Crippen molar-refractivity contribution in [3.63, 3.8) is 0 Å². The lowest BCUT2D eigenvalue weighted by Crippen LogP contribution is -2.46. The van der Waals surface area contributed by atoms with Gasteiger partial charge in [0.2, 0.25) is 5.95 Å². The number of nitrogens with one attached hydrogen (secondary N) is 1. The summed E-state index contributed by atoms with van der Waals surface area (Å²) in [6.45, 7) is 10.7. The van der Waals surface area contributed by atoms with Gasteiger partial charge in [-0.3, -0.25) is 14.3 Å². The molecule has 1 aliphatic rings. The molecule has 0 saturated carbocycles. The number of carbonyl (C=O) groups is 1. The fourth-order valence-corrected chi connectivity index (χ4v) is 4.61. The second-order valence-electron chi connectivity index (χ2n) is 8.40. The average molecular weight is 430 g/mol. The van der Waals surface area contributed by atoms with Gasteiger partial charge in [-0.25, -0.2) is 9.97 Å². The van der Waals surface area contributed by atoms with Crippen LogP contribution in [0.15, 0.2) is 67.2 Å². The molecule has 1 unspecified atom stereocenters. The number of likely N-dealkylation sites (tertiary alicyclic amines) is 1. The van der Waals surface area contributed by atoms with Gasteiger partial charge in [-0.1, -0.05) is 42.9 Å². The summed E-state index contributed by atoms with van der Waals surface area (Å²) in [5.41, 5.74) is 3.85. The molecule has 166 valence electrons. The number of piperidine rings is 1. The Kier molecular flexibility index (Phi) is 6.81. The number of rotatable bonds is 7. The van der Waals surface area contributed by atoms with Crippen LogP contribution < -0.4 is 5.32 Å². The number of hydrogen-bond acceptors (Lipinski definition) is 4. The zero-order valence-corrected chi connectivity index (χ0v) is 18.9. The van der Waals surface area contributed by atoms with E-state index in [2.05, 4.69) is 33.7 Å². The lowest BCUT2D eigenvalue weighted by atomic mass is 10.0. The molecule has 1 saturated heterocycles. The highest BCUT2D eigenvalue weighted by Crippen LogP contribution is 2.27. The molecule has 4 rings (SSSR count). The van der Waals surface area contributed by atoms with Crippen molar-refractivity contribution in [1.82, 2.24) is 24.8 Å². The van der Waals surface area contributed by atoms with Crippen molar-refractivity contribution in [3.8, 4) is 5.95 Å². The third-order valence-corrected chi connectivity index (χ3v) is 6.24. The molecule has 6 nitrogen and oxygen atoms in total. The zero-order chi connectivity index (χ0) is 22.5. The van der Waals surface area contributed by atoms with Crippen LogP contribution in [0.3, 0.4) is 0 Å². The van der Waals surface area contributed by atoms with Crippen LogP contribution in [0.1, 0.15) is 42.1 Å². The van der Waals surface area contributed by atoms with Gasteiger partial charge < -0.3 is 5.32 Å². The Balaban J connectivity index is 1.63. The summed E-state index contributed by atoms with van der Waals surface area (Å²) in [4.78, 5) is 24.6. The van der Waals surface area contributed by atoms with Gasteiger partial charge in [0, 0.05) is 36.6 Å². The summed E-state index contributed by atoms with van der Waals surface area (Å²) in [6, 6.07) is 7.98. The lowest BCUT2D eigenvalue weighted by Gasteiger charge is -2.35. The minimum Gasteiger partial charge on any atom is -0.350 e. The van der Waals surface area contributed by atoms with E-state index in [4.69, 9.17) is 0 Å². The van der Waals surface area contributed by atoms with E-state index in [0.717, 1.165) is 29.6 Å². The second kappa shape index (κ2) is 9.92. The number of hydrogen-bond donors (Lipinski definition) is 1. The fraction of sp³-hybridized carbons (Fsp3) is 0.346. The summed E-state index contributed by atoms with van der Waals surface area (Å²) in [6.07, 6.45) is 12.8. The molecule has 32 heavy (non-hydrogen) atoms. The molecule has 0 aliphatic carbocycles. The van der Waals surface area contributed by atoms with Crippen molar-refractivity contribution < 1.29 is 4.79 Å². The van der Waals surface area contributed by atoms with E-state index in [1.165, 1.54) is 24.8 Å². The smallest absolute Gasteiger partial charge is 0.253 e. The molecular weight excluding hydrogens is 398 g/mol. The topological polar surface area (TPSA) is 63.1 Å². The Labute approximate surface area is 189 Å². The molecule has 1 aliphatic heterocycles. The maximum atomic E-state index is 13.4. The first-order chi connectivity index (χ1) is 15.6. The van der Waals surface area contributed by atoms with E-state index in [9.17, 15) is 4.79 Å². The molecule has 1 atom stereocenters. The molecule has 0 radical (unpaired) electrons. The van der Waals surface area contributed by atoms with Crippen molar-refractivity contribution >= 4 is 16.8 Å². The standard InChI is InChI=1S/C26H31N5O/c1-4-10-19(2)23(30-15-6-5-7-16-30)17-29-25(32)21-18-31(26-27-13-9-14-28-26)22-12-8-11-20(3)24(21)22/h4,8-14,18,23H,1,5-7,15-17H2,2-3H3,(H,29,32)/b19-10+. The highest BCUT2D eigenvalue weighted by atomic mass is 16.1. The Morgan fingerprint density at radius 2 is 1.94 bits per heavy atom. The average Bonchev–Trinajstić information content (AvgIpc) is 3.22. The zero-order valence-electron chi connectivity index (χ0n) is 18.9. The maximum Gasteiger partial charge on any atom is 0.253 e. The number of aryl methyl sites for hydroxylation is 1. The van der Waals surface area contributed by atoms with Gasteiger partial charge in [0.15, 0.2) is 0 Å². The highest BCUT2D eigenvalue weighted by Gasteiger charge is 2.24. The number of amides is 1. The van der Waals surface area contributed by atoms with Gasteiger partial charge in [-0.2, -0.15) is 0 Å². The third-order valence-electron chi connectivity index (χ3n) is 6.24. The van der Waals surface area contributed by atoms with Crippen molar-refractivity contribution in [2.24, 2.45) is 0 Å². The number of fused-ring (bicyclic) bond motifs is 1. The minimum atomic E-state index is -0.0765. The van der Waals surface area contributed by atoms with Crippen LogP contribution in [0.5, 0.6) is 0 Å². The molecule has 1 N–H and O–H groups in total. The van der Waals surface area contributed by atoms with Gasteiger partial charge in [0.1, 0.15) is 0 Å². The Morgan fingerprint density at radius 3 is 2.66 bits per heavy atom. The predicted molar refractivity (Wildman–Crippen MR) is 129 cm³/mol. The fourth-order valence-electron chi connectivity index (χ4n) is 4.61. The van der Waals surface area contributed by atoms with Crippen LogP contribution in [0, 0.1) is 6.92 Å². The van der Waals surface area contributed by atoms with E-state index < -0.39 is 0 Å². The van der Waals surface area contributed by atoms with E-state index in [0.29, 0.717) is 18.1 Å². The van der Waals surface area contributed by atoms with Crippen LogP contribution in [-0.2, 0) is 0 Å². The minimum absolute atomic E-state index is 0.0765.